The van der Waals surface area contributed by atoms with E-state index in [9.17, 15) is 0 Å². The highest BCUT2D eigenvalue weighted by atomic mass is 32.1. The summed E-state index contributed by atoms with van der Waals surface area (Å²) in [5.41, 5.74) is 0. The van der Waals surface area contributed by atoms with Crippen LogP contribution in [0.1, 0.15) is 44.0 Å². The van der Waals surface area contributed by atoms with Crippen LogP contribution in [0.5, 0.6) is 0 Å². The molecule has 0 saturated heterocycles. The Balaban J connectivity index is 1.88. The maximum absolute atomic E-state index is 3.65. The second kappa shape index (κ2) is 6.69. The molecule has 1 aliphatic rings. The average Bonchev–Trinajstić information content (AvgIpc) is 3.00. The molecule has 1 aromatic heterocycles. The molecule has 0 bridgehead atoms. The fourth-order valence-corrected chi connectivity index (χ4v) is 3.91. The summed E-state index contributed by atoms with van der Waals surface area (Å²) >= 11 is 1.87. The van der Waals surface area contributed by atoms with Gasteiger partial charge in [-0.2, -0.15) is 0 Å². The van der Waals surface area contributed by atoms with Crippen LogP contribution in [-0.2, 0) is 0 Å². The molecule has 1 aromatic rings. The molecule has 0 aromatic carbocycles. The fourth-order valence-electron chi connectivity index (χ4n) is 3.06. The minimum Gasteiger partial charge on any atom is -0.314 e. The van der Waals surface area contributed by atoms with Gasteiger partial charge >= 0.3 is 0 Å². The summed E-state index contributed by atoms with van der Waals surface area (Å²) in [6.45, 7) is 6.86. The fraction of sp³-hybridized carbons (Fsp3) is 0.733. The Hall–Kier alpha value is -0.380. The van der Waals surface area contributed by atoms with Crippen LogP contribution in [0.15, 0.2) is 17.5 Å². The van der Waals surface area contributed by atoms with Gasteiger partial charge in [-0.1, -0.05) is 19.4 Å². The summed E-state index contributed by atoms with van der Waals surface area (Å²) in [6, 6.07) is 5.70. The molecule has 102 valence electrons. The lowest BCUT2D eigenvalue weighted by Crippen LogP contribution is -2.38. The second-order valence-corrected chi connectivity index (χ2v) is 6.47. The molecule has 0 radical (unpaired) electrons. The molecule has 18 heavy (non-hydrogen) atoms. The van der Waals surface area contributed by atoms with Gasteiger partial charge in [-0.15, -0.1) is 11.3 Å². The Bertz CT molecular complexity index is 336. The lowest BCUT2D eigenvalue weighted by molar-refractivity contribution is 0.207. The number of thiophene rings is 1. The number of hydrogen-bond donors (Lipinski definition) is 1. The van der Waals surface area contributed by atoms with E-state index in [1.807, 2.05) is 11.3 Å². The molecule has 1 heterocycles. The van der Waals surface area contributed by atoms with Gasteiger partial charge in [-0.3, -0.25) is 4.90 Å². The molecule has 3 unspecified atom stereocenters. The average molecular weight is 266 g/mol. The van der Waals surface area contributed by atoms with Gasteiger partial charge < -0.3 is 5.32 Å². The van der Waals surface area contributed by atoms with Crippen molar-refractivity contribution in [3.8, 4) is 0 Å². The molecular formula is C15H26N2S. The van der Waals surface area contributed by atoms with E-state index >= 15 is 0 Å². The van der Waals surface area contributed by atoms with Crippen molar-refractivity contribution in [1.82, 2.24) is 10.2 Å². The van der Waals surface area contributed by atoms with Gasteiger partial charge in [0.05, 0.1) is 0 Å². The van der Waals surface area contributed by atoms with E-state index in [2.05, 4.69) is 48.6 Å². The third kappa shape index (κ3) is 3.34. The Morgan fingerprint density at radius 1 is 1.50 bits per heavy atom. The SMILES string of the molecule is CCNC1CCCC1CN(C)C(C)c1cccs1. The molecular weight excluding hydrogens is 240 g/mol. The van der Waals surface area contributed by atoms with E-state index in [1.165, 1.54) is 30.7 Å². The zero-order valence-electron chi connectivity index (χ0n) is 11.9. The molecule has 2 rings (SSSR count). The number of nitrogens with zero attached hydrogens (tertiary/aromatic N) is 1. The van der Waals surface area contributed by atoms with Crippen molar-refractivity contribution in [2.75, 3.05) is 20.1 Å². The smallest absolute Gasteiger partial charge is 0.0410 e. The van der Waals surface area contributed by atoms with Crippen LogP contribution in [0.4, 0.5) is 0 Å². The molecule has 1 saturated carbocycles. The largest absolute Gasteiger partial charge is 0.314 e. The maximum atomic E-state index is 3.65. The molecule has 1 aliphatic carbocycles. The highest BCUT2D eigenvalue weighted by Crippen LogP contribution is 2.30. The Morgan fingerprint density at radius 3 is 3.00 bits per heavy atom. The molecule has 1 N–H and O–H groups in total. The molecule has 3 heteroatoms. The van der Waals surface area contributed by atoms with Crippen molar-refractivity contribution in [1.29, 1.82) is 0 Å². The first kappa shape index (κ1) is 14.0. The normalized spacial score (nSPS) is 25.8. The lowest BCUT2D eigenvalue weighted by Gasteiger charge is -2.30. The summed E-state index contributed by atoms with van der Waals surface area (Å²) < 4.78 is 0. The van der Waals surface area contributed by atoms with Crippen molar-refractivity contribution in [3.05, 3.63) is 22.4 Å². The first-order valence-electron chi connectivity index (χ1n) is 7.19. The number of hydrogen-bond acceptors (Lipinski definition) is 3. The molecule has 2 nitrogen and oxygen atoms in total. The van der Waals surface area contributed by atoms with E-state index in [0.29, 0.717) is 6.04 Å². The van der Waals surface area contributed by atoms with Crippen molar-refractivity contribution in [2.24, 2.45) is 5.92 Å². The van der Waals surface area contributed by atoms with Crippen LogP contribution < -0.4 is 5.32 Å². The number of rotatable bonds is 6. The lowest BCUT2D eigenvalue weighted by atomic mass is 10.0. The van der Waals surface area contributed by atoms with E-state index in [0.717, 1.165) is 18.5 Å². The summed E-state index contributed by atoms with van der Waals surface area (Å²) in [4.78, 5) is 4.00. The first-order chi connectivity index (χ1) is 8.72. The Labute approximate surface area is 115 Å². The highest BCUT2D eigenvalue weighted by Gasteiger charge is 2.28. The Kier molecular flexibility index (Phi) is 5.22. The van der Waals surface area contributed by atoms with Crippen LogP contribution in [0, 0.1) is 5.92 Å². The molecule has 3 atom stereocenters. The van der Waals surface area contributed by atoms with Gasteiger partial charge in [0.2, 0.25) is 0 Å². The van der Waals surface area contributed by atoms with Crippen LogP contribution in [0.3, 0.4) is 0 Å². The van der Waals surface area contributed by atoms with Gasteiger partial charge in [0, 0.05) is 23.5 Å². The zero-order valence-corrected chi connectivity index (χ0v) is 12.7. The van der Waals surface area contributed by atoms with E-state index in [-0.39, 0.29) is 0 Å². The quantitative estimate of drug-likeness (QED) is 0.847. The van der Waals surface area contributed by atoms with E-state index < -0.39 is 0 Å². The van der Waals surface area contributed by atoms with Crippen LogP contribution in [-0.4, -0.2) is 31.1 Å². The van der Waals surface area contributed by atoms with Crippen molar-refractivity contribution in [2.45, 2.75) is 45.2 Å². The summed E-state index contributed by atoms with van der Waals surface area (Å²) in [5, 5.41) is 5.83. The van der Waals surface area contributed by atoms with Gasteiger partial charge in [-0.05, 0) is 50.7 Å². The second-order valence-electron chi connectivity index (χ2n) is 5.49. The van der Waals surface area contributed by atoms with Crippen LogP contribution in [0.25, 0.3) is 0 Å². The highest BCUT2D eigenvalue weighted by molar-refractivity contribution is 7.10. The standard InChI is InChI=1S/C15H26N2S/c1-4-16-14-8-5-7-13(14)11-17(3)12(2)15-9-6-10-18-15/h6,9-10,12-14,16H,4-5,7-8,11H2,1-3H3. The monoisotopic (exact) mass is 266 g/mol. The predicted octanol–water partition coefficient (Wildman–Crippen LogP) is 3.52. The van der Waals surface area contributed by atoms with Crippen molar-refractivity contribution >= 4 is 11.3 Å². The van der Waals surface area contributed by atoms with Crippen molar-refractivity contribution < 1.29 is 0 Å². The molecule has 0 aliphatic heterocycles. The van der Waals surface area contributed by atoms with Gasteiger partial charge in [0.25, 0.3) is 0 Å². The summed E-state index contributed by atoms with van der Waals surface area (Å²) in [6.07, 6.45) is 4.14. The number of nitrogens with one attached hydrogen (secondary N) is 1. The zero-order chi connectivity index (χ0) is 13.0. The molecule has 0 amide bonds. The maximum Gasteiger partial charge on any atom is 0.0410 e. The van der Waals surface area contributed by atoms with Crippen LogP contribution >= 0.6 is 11.3 Å². The summed E-state index contributed by atoms with van der Waals surface area (Å²) in [7, 11) is 2.27. The molecule has 0 spiro atoms. The summed E-state index contributed by atoms with van der Waals surface area (Å²) in [5.74, 6) is 0.831. The van der Waals surface area contributed by atoms with Gasteiger partial charge in [0.1, 0.15) is 0 Å². The third-order valence-electron chi connectivity index (χ3n) is 4.26. The van der Waals surface area contributed by atoms with Crippen LogP contribution in [0.2, 0.25) is 0 Å². The van der Waals surface area contributed by atoms with Gasteiger partial charge in [-0.25, -0.2) is 0 Å². The van der Waals surface area contributed by atoms with Crippen molar-refractivity contribution in [3.63, 3.8) is 0 Å². The predicted molar refractivity (Wildman–Crippen MR) is 80.2 cm³/mol. The minimum atomic E-state index is 0.549. The van der Waals surface area contributed by atoms with Gasteiger partial charge in [0.15, 0.2) is 0 Å². The third-order valence-corrected chi connectivity index (χ3v) is 5.31. The Morgan fingerprint density at radius 2 is 2.33 bits per heavy atom. The minimum absolute atomic E-state index is 0.549. The van der Waals surface area contributed by atoms with E-state index in [4.69, 9.17) is 0 Å². The molecule has 1 fully saturated rings. The topological polar surface area (TPSA) is 15.3 Å². The van der Waals surface area contributed by atoms with E-state index in [1.54, 1.807) is 0 Å². The first-order valence-corrected chi connectivity index (χ1v) is 8.07.